The van der Waals surface area contributed by atoms with Crippen LogP contribution in [0.15, 0.2) is 29.4 Å². The van der Waals surface area contributed by atoms with Crippen LogP contribution in [-0.2, 0) is 0 Å². The Kier molecular flexibility index (Phi) is 6.89. The van der Waals surface area contributed by atoms with E-state index in [1.54, 1.807) is 7.11 Å². The molecule has 0 fully saturated rings. The monoisotopic (exact) mass is 279 g/mol. The molecular formula is C14H21N3OS. The number of thiocarbonyl (C=S) groups is 1. The Labute approximate surface area is 120 Å². The molecule has 0 aromatic heterocycles. The molecule has 0 heterocycles. The van der Waals surface area contributed by atoms with Gasteiger partial charge in [-0.15, -0.1) is 0 Å². The maximum absolute atomic E-state index is 5.15. The maximum Gasteiger partial charge on any atom is 0.191 e. The molecule has 0 unspecified atom stereocenters. The molecule has 5 heteroatoms. The minimum atomic E-state index is 0.479. The summed E-state index contributed by atoms with van der Waals surface area (Å²) >= 11 is 5.15. The molecule has 1 aromatic rings. The zero-order chi connectivity index (χ0) is 14.1. The molecule has 0 atom stereocenters. The molecule has 2 N–H and O–H groups in total. The van der Waals surface area contributed by atoms with E-state index < -0.39 is 0 Å². The summed E-state index contributed by atoms with van der Waals surface area (Å²) in [6, 6.07) is 7.55. The van der Waals surface area contributed by atoms with E-state index in [1.165, 1.54) is 0 Å². The molecule has 0 radical (unpaired) electrons. The van der Waals surface area contributed by atoms with Gasteiger partial charge in [0.2, 0.25) is 0 Å². The lowest BCUT2D eigenvalue weighted by molar-refractivity contribution is 0.415. The second-order valence-electron chi connectivity index (χ2n) is 4.15. The Balaban J connectivity index is 2.42. The molecule has 19 heavy (non-hydrogen) atoms. The highest BCUT2D eigenvalue weighted by molar-refractivity contribution is 7.80. The van der Waals surface area contributed by atoms with Gasteiger partial charge in [0, 0.05) is 11.9 Å². The zero-order valence-electron chi connectivity index (χ0n) is 11.6. The summed E-state index contributed by atoms with van der Waals surface area (Å²) < 4.78 is 5.09. The van der Waals surface area contributed by atoms with Gasteiger partial charge in [-0.2, -0.15) is 5.10 Å². The number of hydrogen-bond donors (Lipinski definition) is 2. The summed E-state index contributed by atoms with van der Waals surface area (Å²) in [5.74, 6) is 1.31. The van der Waals surface area contributed by atoms with E-state index in [1.807, 2.05) is 30.5 Å². The number of rotatable bonds is 6. The second kappa shape index (κ2) is 8.48. The molecule has 0 aliphatic carbocycles. The Hall–Kier alpha value is -1.62. The van der Waals surface area contributed by atoms with Crippen molar-refractivity contribution in [2.24, 2.45) is 11.0 Å². The first-order valence-electron chi connectivity index (χ1n) is 6.43. The predicted octanol–water partition coefficient (Wildman–Crippen LogP) is 3.40. The van der Waals surface area contributed by atoms with Crippen LogP contribution in [0.3, 0.4) is 0 Å². The predicted molar refractivity (Wildman–Crippen MR) is 84.9 cm³/mol. The van der Waals surface area contributed by atoms with Crippen LogP contribution >= 0.6 is 12.2 Å². The number of ether oxygens (including phenoxy) is 1. The molecule has 0 bridgehead atoms. The Bertz CT molecular complexity index is 413. The molecule has 104 valence electrons. The van der Waals surface area contributed by atoms with Crippen molar-refractivity contribution in [2.45, 2.75) is 26.7 Å². The molecule has 1 aromatic carbocycles. The lowest BCUT2D eigenvalue weighted by Gasteiger charge is -2.08. The quantitative estimate of drug-likeness (QED) is 0.476. The van der Waals surface area contributed by atoms with Gasteiger partial charge in [-0.3, -0.25) is 5.43 Å². The lowest BCUT2D eigenvalue weighted by Crippen LogP contribution is -2.24. The number of nitrogens with one attached hydrogen (secondary N) is 2. The summed E-state index contributed by atoms with van der Waals surface area (Å²) in [4.78, 5) is 0. The first kappa shape index (κ1) is 15.4. The van der Waals surface area contributed by atoms with Gasteiger partial charge in [0.05, 0.1) is 7.11 Å². The highest BCUT2D eigenvalue weighted by Crippen LogP contribution is 2.14. The summed E-state index contributed by atoms with van der Waals surface area (Å²) in [6.45, 7) is 4.29. The molecule has 4 nitrogen and oxygen atoms in total. The third kappa shape index (κ3) is 5.70. The van der Waals surface area contributed by atoms with E-state index >= 15 is 0 Å². The van der Waals surface area contributed by atoms with Gasteiger partial charge in [-0.25, -0.2) is 0 Å². The van der Waals surface area contributed by atoms with Gasteiger partial charge in [0.1, 0.15) is 5.75 Å². The van der Waals surface area contributed by atoms with Crippen molar-refractivity contribution < 1.29 is 4.74 Å². The van der Waals surface area contributed by atoms with E-state index in [0.29, 0.717) is 11.0 Å². The molecule has 0 amide bonds. The molecule has 1 rings (SSSR count). The summed E-state index contributed by atoms with van der Waals surface area (Å²) in [5, 5.41) is 7.67. The number of nitrogens with zero attached hydrogens (tertiary/aromatic N) is 1. The fourth-order valence-corrected chi connectivity index (χ4v) is 1.70. The lowest BCUT2D eigenvalue weighted by atomic mass is 10.1. The Morgan fingerprint density at radius 1 is 1.32 bits per heavy atom. The van der Waals surface area contributed by atoms with E-state index in [-0.39, 0.29) is 0 Å². The zero-order valence-corrected chi connectivity index (χ0v) is 12.5. The fourth-order valence-electron chi connectivity index (χ4n) is 1.53. The molecule has 0 saturated carbocycles. The number of hydrogen-bond acceptors (Lipinski definition) is 3. The Morgan fingerprint density at radius 2 is 1.95 bits per heavy atom. The van der Waals surface area contributed by atoms with E-state index in [4.69, 9.17) is 17.0 Å². The molecule has 0 aliphatic heterocycles. The SMILES string of the molecule is CCC(/C=N\NC(=S)Nc1ccc(OC)cc1)CC. The van der Waals surface area contributed by atoms with Crippen LogP contribution in [0.5, 0.6) is 5.75 Å². The second-order valence-corrected chi connectivity index (χ2v) is 4.56. The number of hydrazone groups is 1. The minimum Gasteiger partial charge on any atom is -0.497 e. The highest BCUT2D eigenvalue weighted by Gasteiger charge is 1.99. The topological polar surface area (TPSA) is 45.7 Å². The van der Waals surface area contributed by atoms with Gasteiger partial charge < -0.3 is 10.1 Å². The number of methoxy groups -OCH3 is 1. The average Bonchev–Trinajstić information content (AvgIpc) is 2.44. The van der Waals surface area contributed by atoms with Crippen LogP contribution in [0.4, 0.5) is 5.69 Å². The van der Waals surface area contributed by atoms with Crippen molar-refractivity contribution in [1.82, 2.24) is 5.43 Å². The van der Waals surface area contributed by atoms with Crippen molar-refractivity contribution in [3.05, 3.63) is 24.3 Å². The van der Waals surface area contributed by atoms with Gasteiger partial charge in [-0.05, 0) is 55.2 Å². The molecular weight excluding hydrogens is 258 g/mol. The fraction of sp³-hybridized carbons (Fsp3) is 0.429. The first-order chi connectivity index (χ1) is 9.19. The van der Waals surface area contributed by atoms with Crippen molar-refractivity contribution >= 4 is 29.2 Å². The Morgan fingerprint density at radius 3 is 2.47 bits per heavy atom. The number of benzene rings is 1. The van der Waals surface area contributed by atoms with Gasteiger partial charge in [0.15, 0.2) is 5.11 Å². The van der Waals surface area contributed by atoms with Crippen LogP contribution < -0.4 is 15.5 Å². The van der Waals surface area contributed by atoms with Crippen molar-refractivity contribution in [3.8, 4) is 5.75 Å². The largest absolute Gasteiger partial charge is 0.497 e. The van der Waals surface area contributed by atoms with Crippen LogP contribution in [0.25, 0.3) is 0 Å². The van der Waals surface area contributed by atoms with Crippen molar-refractivity contribution in [2.75, 3.05) is 12.4 Å². The van der Waals surface area contributed by atoms with Crippen LogP contribution in [0.2, 0.25) is 0 Å². The third-order valence-corrected chi connectivity index (χ3v) is 3.04. The average molecular weight is 279 g/mol. The third-order valence-electron chi connectivity index (χ3n) is 2.85. The van der Waals surface area contributed by atoms with Crippen molar-refractivity contribution in [1.29, 1.82) is 0 Å². The van der Waals surface area contributed by atoms with E-state index in [2.05, 4.69) is 29.7 Å². The van der Waals surface area contributed by atoms with Gasteiger partial charge in [0.25, 0.3) is 0 Å². The standard InChI is InChI=1S/C14H21N3OS/c1-4-11(5-2)10-15-17-14(19)16-12-6-8-13(18-3)9-7-12/h6-11H,4-5H2,1-3H3,(H2,16,17,19)/b15-10-. The summed E-state index contributed by atoms with van der Waals surface area (Å²) in [7, 11) is 1.64. The molecule has 0 spiro atoms. The highest BCUT2D eigenvalue weighted by atomic mass is 32.1. The van der Waals surface area contributed by atoms with Crippen LogP contribution in [0.1, 0.15) is 26.7 Å². The normalized spacial score (nSPS) is 10.7. The minimum absolute atomic E-state index is 0.479. The van der Waals surface area contributed by atoms with E-state index in [0.717, 1.165) is 24.3 Å². The van der Waals surface area contributed by atoms with Crippen LogP contribution in [-0.4, -0.2) is 18.4 Å². The van der Waals surface area contributed by atoms with E-state index in [9.17, 15) is 0 Å². The molecule has 0 aliphatic rings. The first-order valence-corrected chi connectivity index (χ1v) is 6.84. The maximum atomic E-state index is 5.15. The summed E-state index contributed by atoms with van der Waals surface area (Å²) in [6.07, 6.45) is 4.07. The van der Waals surface area contributed by atoms with Gasteiger partial charge >= 0.3 is 0 Å². The number of anilines is 1. The van der Waals surface area contributed by atoms with Crippen molar-refractivity contribution in [3.63, 3.8) is 0 Å². The molecule has 0 saturated heterocycles. The van der Waals surface area contributed by atoms with Gasteiger partial charge in [-0.1, -0.05) is 13.8 Å². The van der Waals surface area contributed by atoms with Crippen LogP contribution in [0, 0.1) is 5.92 Å². The smallest absolute Gasteiger partial charge is 0.191 e. The summed E-state index contributed by atoms with van der Waals surface area (Å²) in [5.41, 5.74) is 3.72.